The Hall–Kier alpha value is -0.780. The summed E-state index contributed by atoms with van der Waals surface area (Å²) in [4.78, 5) is 0. The summed E-state index contributed by atoms with van der Waals surface area (Å²) in [5, 5.41) is 4.14. The number of ether oxygens (including phenoxy) is 1. The van der Waals surface area contributed by atoms with Crippen LogP contribution in [0.3, 0.4) is 0 Å². The molecule has 112 valence electrons. The predicted octanol–water partition coefficient (Wildman–Crippen LogP) is 5.04. The van der Waals surface area contributed by atoms with Gasteiger partial charge < -0.3 is 10.1 Å². The summed E-state index contributed by atoms with van der Waals surface area (Å²) in [5.41, 5.74) is 2.26. The molecule has 0 saturated heterocycles. The molecule has 2 nitrogen and oxygen atoms in total. The topological polar surface area (TPSA) is 21.3 Å². The van der Waals surface area contributed by atoms with Gasteiger partial charge in [0.1, 0.15) is 5.75 Å². The molecule has 21 heavy (non-hydrogen) atoms. The van der Waals surface area contributed by atoms with E-state index in [0.29, 0.717) is 0 Å². The standard InChI is InChI=1S/C17H19ClINO/c1-3-10-21-16-7-5-4-6-13(16)17(20-2)12-8-9-15(19)14(18)11-12/h4-9,11,17,20H,3,10H2,1-2H3. The van der Waals surface area contributed by atoms with E-state index in [1.54, 1.807) is 0 Å². The lowest BCUT2D eigenvalue weighted by molar-refractivity contribution is 0.312. The molecule has 4 heteroatoms. The second-order valence-electron chi connectivity index (χ2n) is 4.78. The van der Waals surface area contributed by atoms with Crippen molar-refractivity contribution in [1.29, 1.82) is 0 Å². The van der Waals surface area contributed by atoms with Gasteiger partial charge in [-0.2, -0.15) is 0 Å². The lowest BCUT2D eigenvalue weighted by Gasteiger charge is -2.21. The highest BCUT2D eigenvalue weighted by Gasteiger charge is 2.17. The first kappa shape index (κ1) is 16.6. The average Bonchev–Trinajstić information content (AvgIpc) is 2.50. The summed E-state index contributed by atoms with van der Waals surface area (Å²) >= 11 is 8.50. The van der Waals surface area contributed by atoms with Crippen molar-refractivity contribution in [2.24, 2.45) is 0 Å². The molecule has 0 bridgehead atoms. The van der Waals surface area contributed by atoms with Crippen LogP contribution in [-0.2, 0) is 0 Å². The number of halogens is 2. The average molecular weight is 416 g/mol. The SMILES string of the molecule is CCCOc1ccccc1C(NC)c1ccc(I)c(Cl)c1. The molecule has 2 aromatic carbocycles. The van der Waals surface area contributed by atoms with Crippen LogP contribution in [0.25, 0.3) is 0 Å². The zero-order valence-electron chi connectivity index (χ0n) is 12.2. The fraction of sp³-hybridized carbons (Fsp3) is 0.294. The zero-order chi connectivity index (χ0) is 15.2. The largest absolute Gasteiger partial charge is 0.493 e. The maximum Gasteiger partial charge on any atom is 0.124 e. The van der Waals surface area contributed by atoms with Crippen molar-refractivity contribution >= 4 is 34.2 Å². The fourth-order valence-corrected chi connectivity index (χ4v) is 2.78. The molecule has 0 aliphatic rings. The molecule has 0 aliphatic carbocycles. The minimum atomic E-state index is 0.0626. The molecule has 0 radical (unpaired) electrons. The van der Waals surface area contributed by atoms with Gasteiger partial charge in [-0.15, -0.1) is 0 Å². The third-order valence-electron chi connectivity index (χ3n) is 3.26. The molecule has 0 aliphatic heterocycles. The normalized spacial score (nSPS) is 12.2. The van der Waals surface area contributed by atoms with Gasteiger partial charge in [0.05, 0.1) is 17.7 Å². The van der Waals surface area contributed by atoms with E-state index in [4.69, 9.17) is 16.3 Å². The van der Waals surface area contributed by atoms with Gasteiger partial charge in [-0.1, -0.05) is 42.8 Å². The molecule has 0 amide bonds. The predicted molar refractivity (Wildman–Crippen MR) is 97.3 cm³/mol. The van der Waals surface area contributed by atoms with Crippen molar-refractivity contribution in [3.63, 3.8) is 0 Å². The van der Waals surface area contributed by atoms with Crippen molar-refractivity contribution in [2.45, 2.75) is 19.4 Å². The van der Waals surface area contributed by atoms with Crippen LogP contribution in [-0.4, -0.2) is 13.7 Å². The van der Waals surface area contributed by atoms with E-state index in [-0.39, 0.29) is 6.04 Å². The maximum absolute atomic E-state index is 6.26. The Morgan fingerprint density at radius 1 is 1.24 bits per heavy atom. The Balaban J connectivity index is 2.38. The lowest BCUT2D eigenvalue weighted by atomic mass is 9.98. The molecular weight excluding hydrogens is 397 g/mol. The van der Waals surface area contributed by atoms with Gasteiger partial charge in [0, 0.05) is 9.13 Å². The van der Waals surface area contributed by atoms with Gasteiger partial charge in [0.15, 0.2) is 0 Å². The quantitative estimate of drug-likeness (QED) is 0.667. The van der Waals surface area contributed by atoms with Crippen LogP contribution < -0.4 is 10.1 Å². The third kappa shape index (κ3) is 4.11. The lowest BCUT2D eigenvalue weighted by Crippen LogP contribution is -2.18. The molecule has 2 aromatic rings. The maximum atomic E-state index is 6.26. The van der Waals surface area contributed by atoms with E-state index in [0.717, 1.165) is 38.5 Å². The second-order valence-corrected chi connectivity index (χ2v) is 6.35. The summed E-state index contributed by atoms with van der Waals surface area (Å²) in [6.07, 6.45) is 0.994. The van der Waals surface area contributed by atoms with Gasteiger partial charge in [-0.25, -0.2) is 0 Å². The first-order valence-electron chi connectivity index (χ1n) is 7.01. The second kappa shape index (κ2) is 8.01. The van der Waals surface area contributed by atoms with Crippen LogP contribution in [0, 0.1) is 3.57 Å². The number of hydrogen-bond acceptors (Lipinski definition) is 2. The monoisotopic (exact) mass is 415 g/mol. The van der Waals surface area contributed by atoms with E-state index in [1.165, 1.54) is 0 Å². The minimum absolute atomic E-state index is 0.0626. The Morgan fingerprint density at radius 3 is 2.67 bits per heavy atom. The highest BCUT2D eigenvalue weighted by atomic mass is 127. The van der Waals surface area contributed by atoms with Crippen LogP contribution in [0.2, 0.25) is 5.02 Å². The van der Waals surface area contributed by atoms with E-state index in [1.807, 2.05) is 37.4 Å². The highest BCUT2D eigenvalue weighted by molar-refractivity contribution is 14.1. The molecule has 1 atom stereocenters. The van der Waals surface area contributed by atoms with Crippen LogP contribution in [0.1, 0.15) is 30.5 Å². The third-order valence-corrected chi connectivity index (χ3v) is 4.83. The number of rotatable bonds is 6. The van der Waals surface area contributed by atoms with Crippen molar-refractivity contribution < 1.29 is 4.74 Å². The Labute approximate surface area is 145 Å². The first-order chi connectivity index (χ1) is 10.2. The van der Waals surface area contributed by atoms with Gasteiger partial charge in [-0.05, 0) is 59.8 Å². The number of hydrogen-bond donors (Lipinski definition) is 1. The molecule has 0 fully saturated rings. The zero-order valence-corrected chi connectivity index (χ0v) is 15.1. The van der Waals surface area contributed by atoms with E-state index >= 15 is 0 Å². The van der Waals surface area contributed by atoms with Crippen LogP contribution in [0.5, 0.6) is 5.75 Å². The summed E-state index contributed by atoms with van der Waals surface area (Å²) in [7, 11) is 1.95. The van der Waals surface area contributed by atoms with Crippen molar-refractivity contribution in [3.05, 3.63) is 62.2 Å². The first-order valence-corrected chi connectivity index (χ1v) is 8.47. The van der Waals surface area contributed by atoms with E-state index in [2.05, 4.69) is 47.0 Å². The molecular formula is C17H19ClINO. The van der Waals surface area contributed by atoms with E-state index in [9.17, 15) is 0 Å². The van der Waals surface area contributed by atoms with Crippen LogP contribution in [0.15, 0.2) is 42.5 Å². The highest BCUT2D eigenvalue weighted by Crippen LogP contribution is 2.32. The van der Waals surface area contributed by atoms with Crippen LogP contribution in [0.4, 0.5) is 0 Å². The minimum Gasteiger partial charge on any atom is -0.493 e. The number of nitrogens with one attached hydrogen (secondary N) is 1. The van der Waals surface area contributed by atoms with Crippen LogP contribution >= 0.6 is 34.2 Å². The van der Waals surface area contributed by atoms with Gasteiger partial charge in [0.2, 0.25) is 0 Å². The molecule has 2 rings (SSSR count). The summed E-state index contributed by atoms with van der Waals surface area (Å²) in [5.74, 6) is 0.924. The van der Waals surface area contributed by atoms with Gasteiger partial charge in [-0.3, -0.25) is 0 Å². The van der Waals surface area contributed by atoms with Crippen molar-refractivity contribution in [3.8, 4) is 5.75 Å². The van der Waals surface area contributed by atoms with Crippen molar-refractivity contribution in [2.75, 3.05) is 13.7 Å². The Morgan fingerprint density at radius 2 is 2.00 bits per heavy atom. The molecule has 1 unspecified atom stereocenters. The van der Waals surface area contributed by atoms with Gasteiger partial charge >= 0.3 is 0 Å². The summed E-state index contributed by atoms with van der Waals surface area (Å²) < 4.78 is 6.93. The molecule has 1 N–H and O–H groups in total. The molecule has 0 aromatic heterocycles. The number of para-hydroxylation sites is 1. The molecule has 0 heterocycles. The Kier molecular flexibility index (Phi) is 6.33. The van der Waals surface area contributed by atoms with E-state index < -0.39 is 0 Å². The summed E-state index contributed by atoms with van der Waals surface area (Å²) in [6, 6.07) is 14.4. The molecule has 0 saturated carbocycles. The number of benzene rings is 2. The smallest absolute Gasteiger partial charge is 0.124 e. The van der Waals surface area contributed by atoms with Gasteiger partial charge in [0.25, 0.3) is 0 Å². The fourth-order valence-electron chi connectivity index (χ4n) is 2.26. The molecule has 0 spiro atoms. The van der Waals surface area contributed by atoms with Crippen molar-refractivity contribution in [1.82, 2.24) is 5.32 Å². The summed E-state index contributed by atoms with van der Waals surface area (Å²) in [6.45, 7) is 2.83. The Bertz CT molecular complexity index is 603.